The molecule has 1 heterocycles. The van der Waals surface area contributed by atoms with Gasteiger partial charge >= 0.3 is 0 Å². The van der Waals surface area contributed by atoms with Crippen molar-refractivity contribution < 1.29 is 9.59 Å². The predicted octanol–water partition coefficient (Wildman–Crippen LogP) is 0.489. The summed E-state index contributed by atoms with van der Waals surface area (Å²) < 4.78 is 0. The van der Waals surface area contributed by atoms with Crippen molar-refractivity contribution in [2.24, 2.45) is 17.6 Å². The van der Waals surface area contributed by atoms with Gasteiger partial charge in [0.1, 0.15) is 0 Å². The second-order valence-corrected chi connectivity index (χ2v) is 5.76. The van der Waals surface area contributed by atoms with E-state index < -0.39 is 0 Å². The largest absolute Gasteiger partial charge is 0.356 e. The molecule has 19 heavy (non-hydrogen) atoms. The topological polar surface area (TPSA) is 75.4 Å². The summed E-state index contributed by atoms with van der Waals surface area (Å²) in [4.78, 5) is 26.0. The van der Waals surface area contributed by atoms with Gasteiger partial charge in [0.05, 0.1) is 0 Å². The van der Waals surface area contributed by atoms with Crippen molar-refractivity contribution >= 4 is 11.8 Å². The van der Waals surface area contributed by atoms with Crippen molar-refractivity contribution in [3.05, 3.63) is 0 Å². The molecule has 2 aliphatic rings. The van der Waals surface area contributed by atoms with Gasteiger partial charge in [-0.2, -0.15) is 0 Å². The van der Waals surface area contributed by atoms with Gasteiger partial charge < -0.3 is 16.0 Å². The first-order valence-corrected chi connectivity index (χ1v) is 7.44. The molecular formula is C14H25N3O2. The second-order valence-electron chi connectivity index (χ2n) is 5.76. The number of hydrogen-bond acceptors (Lipinski definition) is 3. The molecule has 0 spiro atoms. The van der Waals surface area contributed by atoms with E-state index in [2.05, 4.69) is 5.32 Å². The number of rotatable bonds is 3. The van der Waals surface area contributed by atoms with Crippen LogP contribution < -0.4 is 11.1 Å². The lowest BCUT2D eigenvalue weighted by Crippen LogP contribution is -2.44. The van der Waals surface area contributed by atoms with E-state index in [0.29, 0.717) is 19.6 Å². The highest BCUT2D eigenvalue weighted by atomic mass is 16.2. The Labute approximate surface area is 114 Å². The third kappa shape index (κ3) is 3.47. The van der Waals surface area contributed by atoms with E-state index in [9.17, 15) is 9.59 Å². The smallest absolute Gasteiger partial charge is 0.225 e. The van der Waals surface area contributed by atoms with Crippen LogP contribution in [0.5, 0.6) is 0 Å². The molecule has 5 nitrogen and oxygen atoms in total. The number of amides is 2. The summed E-state index contributed by atoms with van der Waals surface area (Å²) in [5.74, 6) is 0.589. The zero-order chi connectivity index (χ0) is 13.8. The van der Waals surface area contributed by atoms with Crippen LogP contribution in [-0.4, -0.2) is 42.4 Å². The highest BCUT2D eigenvalue weighted by Gasteiger charge is 2.33. The van der Waals surface area contributed by atoms with E-state index >= 15 is 0 Å². The predicted molar refractivity (Wildman–Crippen MR) is 73.3 cm³/mol. The number of likely N-dealkylation sites (tertiary alicyclic amines) is 1. The third-order valence-electron chi connectivity index (χ3n) is 4.35. The Hall–Kier alpha value is -1.10. The minimum atomic E-state index is 0.0786. The summed E-state index contributed by atoms with van der Waals surface area (Å²) in [6, 6.07) is 0.196. The van der Waals surface area contributed by atoms with Crippen molar-refractivity contribution in [1.82, 2.24) is 10.2 Å². The van der Waals surface area contributed by atoms with Crippen LogP contribution >= 0.6 is 0 Å². The number of piperidine rings is 1. The van der Waals surface area contributed by atoms with Crippen molar-refractivity contribution in [1.29, 1.82) is 0 Å². The van der Waals surface area contributed by atoms with Gasteiger partial charge in [0.2, 0.25) is 11.8 Å². The highest BCUT2D eigenvalue weighted by molar-refractivity contribution is 5.81. The molecule has 0 aromatic heterocycles. The van der Waals surface area contributed by atoms with Crippen LogP contribution in [0.1, 0.15) is 39.0 Å². The SMILES string of the molecule is CCNC(=O)C1CCN(C(=O)C2CCC(N)C2)CC1. The molecule has 0 aromatic carbocycles. The Bertz CT molecular complexity index is 338. The van der Waals surface area contributed by atoms with E-state index in [1.54, 1.807) is 0 Å². The van der Waals surface area contributed by atoms with Crippen LogP contribution in [0.2, 0.25) is 0 Å². The van der Waals surface area contributed by atoms with Gasteiger partial charge in [-0.15, -0.1) is 0 Å². The average Bonchev–Trinajstić information content (AvgIpc) is 2.85. The molecule has 1 saturated heterocycles. The fourth-order valence-corrected chi connectivity index (χ4v) is 3.18. The molecule has 3 N–H and O–H groups in total. The summed E-state index contributed by atoms with van der Waals surface area (Å²) in [6.45, 7) is 4.04. The third-order valence-corrected chi connectivity index (χ3v) is 4.35. The van der Waals surface area contributed by atoms with Crippen molar-refractivity contribution in [2.75, 3.05) is 19.6 Å². The molecule has 2 rings (SSSR count). The Morgan fingerprint density at radius 3 is 2.37 bits per heavy atom. The van der Waals surface area contributed by atoms with E-state index in [4.69, 9.17) is 5.73 Å². The van der Waals surface area contributed by atoms with Crippen molar-refractivity contribution in [3.8, 4) is 0 Å². The molecule has 0 bridgehead atoms. The van der Waals surface area contributed by atoms with Crippen LogP contribution in [0, 0.1) is 11.8 Å². The number of carbonyl (C=O) groups is 2. The lowest BCUT2D eigenvalue weighted by Gasteiger charge is -2.33. The Balaban J connectivity index is 1.79. The van der Waals surface area contributed by atoms with Crippen molar-refractivity contribution in [3.63, 3.8) is 0 Å². The van der Waals surface area contributed by atoms with Gasteiger partial charge in [-0.3, -0.25) is 9.59 Å². The van der Waals surface area contributed by atoms with Gasteiger partial charge in [-0.05, 0) is 39.0 Å². The molecule has 108 valence electrons. The van der Waals surface area contributed by atoms with Crippen LogP contribution in [0.15, 0.2) is 0 Å². The van der Waals surface area contributed by atoms with E-state index in [0.717, 1.165) is 32.1 Å². The monoisotopic (exact) mass is 267 g/mol. The van der Waals surface area contributed by atoms with Gasteiger partial charge in [0, 0.05) is 37.5 Å². The number of carbonyl (C=O) groups excluding carboxylic acids is 2. The molecule has 0 aromatic rings. The molecule has 2 atom stereocenters. The zero-order valence-corrected chi connectivity index (χ0v) is 11.7. The summed E-state index contributed by atoms with van der Waals surface area (Å²) in [7, 11) is 0. The lowest BCUT2D eigenvalue weighted by atomic mass is 9.94. The Morgan fingerprint density at radius 2 is 1.84 bits per heavy atom. The van der Waals surface area contributed by atoms with Gasteiger partial charge in [0.15, 0.2) is 0 Å². The number of nitrogens with zero attached hydrogens (tertiary/aromatic N) is 1. The maximum absolute atomic E-state index is 12.3. The normalized spacial score (nSPS) is 28.4. The van der Waals surface area contributed by atoms with Crippen LogP contribution in [0.25, 0.3) is 0 Å². The highest BCUT2D eigenvalue weighted by Crippen LogP contribution is 2.28. The molecule has 1 aliphatic carbocycles. The van der Waals surface area contributed by atoms with E-state index in [1.165, 1.54) is 0 Å². The molecule has 1 saturated carbocycles. The average molecular weight is 267 g/mol. The Morgan fingerprint density at radius 1 is 1.16 bits per heavy atom. The number of nitrogens with one attached hydrogen (secondary N) is 1. The molecule has 0 radical (unpaired) electrons. The van der Waals surface area contributed by atoms with Crippen LogP contribution in [-0.2, 0) is 9.59 Å². The van der Waals surface area contributed by atoms with Crippen LogP contribution in [0.3, 0.4) is 0 Å². The van der Waals surface area contributed by atoms with Crippen molar-refractivity contribution in [2.45, 2.75) is 45.1 Å². The first-order valence-electron chi connectivity index (χ1n) is 7.44. The summed E-state index contributed by atoms with van der Waals surface area (Å²) in [5.41, 5.74) is 5.86. The second kappa shape index (κ2) is 6.37. The molecule has 5 heteroatoms. The zero-order valence-electron chi connectivity index (χ0n) is 11.7. The molecule has 2 fully saturated rings. The molecule has 2 unspecified atom stereocenters. The maximum Gasteiger partial charge on any atom is 0.225 e. The number of nitrogens with two attached hydrogens (primary N) is 1. The molecule has 1 aliphatic heterocycles. The van der Waals surface area contributed by atoms with Gasteiger partial charge in [0.25, 0.3) is 0 Å². The fourth-order valence-electron chi connectivity index (χ4n) is 3.18. The standard InChI is InChI=1S/C14H25N3O2/c1-2-16-13(18)10-5-7-17(8-6-10)14(19)11-3-4-12(15)9-11/h10-12H,2-9,15H2,1H3,(H,16,18). The summed E-state index contributed by atoms with van der Waals surface area (Å²) in [5, 5.41) is 2.86. The van der Waals surface area contributed by atoms with Gasteiger partial charge in [-0.1, -0.05) is 0 Å². The maximum atomic E-state index is 12.3. The van der Waals surface area contributed by atoms with E-state index in [1.807, 2.05) is 11.8 Å². The first kappa shape index (κ1) is 14.3. The quantitative estimate of drug-likeness (QED) is 0.781. The summed E-state index contributed by atoms with van der Waals surface area (Å²) >= 11 is 0. The Kier molecular flexibility index (Phi) is 4.80. The summed E-state index contributed by atoms with van der Waals surface area (Å²) in [6.07, 6.45) is 4.30. The lowest BCUT2D eigenvalue weighted by molar-refractivity contribution is -0.139. The van der Waals surface area contributed by atoms with Crippen LogP contribution in [0.4, 0.5) is 0 Å². The molecular weight excluding hydrogens is 242 g/mol. The minimum absolute atomic E-state index is 0.0786. The van der Waals surface area contributed by atoms with Gasteiger partial charge in [-0.25, -0.2) is 0 Å². The number of hydrogen-bond donors (Lipinski definition) is 2. The first-order chi connectivity index (χ1) is 9.11. The van der Waals surface area contributed by atoms with E-state index in [-0.39, 0.29) is 29.7 Å². The fraction of sp³-hybridized carbons (Fsp3) is 0.857. The molecule has 2 amide bonds. The minimum Gasteiger partial charge on any atom is -0.356 e.